The number of benzene rings is 1. The van der Waals surface area contributed by atoms with Crippen LogP contribution in [0.5, 0.6) is 0 Å². The summed E-state index contributed by atoms with van der Waals surface area (Å²) in [4.78, 5) is 19.9. The number of nitrogens with one attached hydrogen (secondary N) is 1. The van der Waals surface area contributed by atoms with Crippen LogP contribution < -0.4 is 5.32 Å². The highest BCUT2D eigenvalue weighted by molar-refractivity contribution is 6.05. The van der Waals surface area contributed by atoms with E-state index in [0.29, 0.717) is 6.04 Å². The van der Waals surface area contributed by atoms with E-state index in [9.17, 15) is 4.79 Å². The Bertz CT molecular complexity index is 702. The molecule has 6 heteroatoms. The fourth-order valence-electron chi connectivity index (χ4n) is 3.38. The van der Waals surface area contributed by atoms with Gasteiger partial charge >= 0.3 is 0 Å². The number of aryl methyl sites for hydroxylation is 1. The maximum atomic E-state index is 13.2. The van der Waals surface area contributed by atoms with Gasteiger partial charge in [-0.2, -0.15) is 0 Å². The number of carbonyl (C=O) groups excluding carboxylic acids is 1. The first-order valence-corrected chi connectivity index (χ1v) is 8.58. The van der Waals surface area contributed by atoms with Gasteiger partial charge in [0.1, 0.15) is 0 Å². The number of nitrogens with zero attached hydrogens (tertiary/aromatic N) is 2. The monoisotopic (exact) mass is 383 g/mol. The molecule has 2 aromatic rings. The lowest BCUT2D eigenvalue weighted by Crippen LogP contribution is -2.46. The first-order chi connectivity index (χ1) is 11.2. The average molecular weight is 384 g/mol. The van der Waals surface area contributed by atoms with Crippen molar-refractivity contribution in [2.24, 2.45) is 0 Å². The van der Waals surface area contributed by atoms with Crippen LogP contribution in [0.15, 0.2) is 30.3 Å². The fraction of sp³-hybridized carbons (Fsp3) is 0.474. The zero-order valence-electron chi connectivity index (χ0n) is 14.8. The maximum absolute atomic E-state index is 13.2. The van der Waals surface area contributed by atoms with E-state index in [0.717, 1.165) is 61.1 Å². The molecule has 0 aliphatic carbocycles. The van der Waals surface area contributed by atoms with Crippen LogP contribution in [0.3, 0.4) is 0 Å². The molecule has 1 aliphatic rings. The Labute approximate surface area is 162 Å². The number of carbonyl (C=O) groups is 1. The second-order valence-electron chi connectivity index (χ2n) is 6.31. The predicted molar refractivity (Wildman–Crippen MR) is 108 cm³/mol. The molecule has 138 valence electrons. The highest BCUT2D eigenvalue weighted by Crippen LogP contribution is 2.22. The van der Waals surface area contributed by atoms with Gasteiger partial charge < -0.3 is 10.2 Å². The molecule has 0 bridgehead atoms. The molecule has 0 spiro atoms. The Hall–Kier alpha value is -1.36. The summed E-state index contributed by atoms with van der Waals surface area (Å²) in [6, 6.07) is 10.3. The number of halogens is 2. The van der Waals surface area contributed by atoms with Crippen LogP contribution in [-0.2, 0) is 0 Å². The standard InChI is InChI=1S/C19H25N3O.2ClH/c1-3-13-22(16-9-11-20-12-10-16)19(23)17-6-4-5-15-8-7-14(2)21-18(15)17;;/h4-8,16,20H,3,9-13H2,1-2H3;2*1H. The molecular formula is C19H27Cl2N3O. The van der Waals surface area contributed by atoms with E-state index < -0.39 is 0 Å². The van der Waals surface area contributed by atoms with Crippen molar-refractivity contribution in [3.05, 3.63) is 41.6 Å². The van der Waals surface area contributed by atoms with E-state index in [2.05, 4.69) is 22.1 Å². The van der Waals surface area contributed by atoms with Gasteiger partial charge in [0.2, 0.25) is 0 Å². The van der Waals surface area contributed by atoms with Gasteiger partial charge in [-0.25, -0.2) is 0 Å². The normalized spacial score (nSPS) is 14.5. The van der Waals surface area contributed by atoms with E-state index in [1.54, 1.807) is 0 Å². The number of fused-ring (bicyclic) bond motifs is 1. The molecule has 1 saturated heterocycles. The van der Waals surface area contributed by atoms with Crippen molar-refractivity contribution in [2.75, 3.05) is 19.6 Å². The van der Waals surface area contributed by atoms with E-state index in [4.69, 9.17) is 0 Å². The van der Waals surface area contributed by atoms with E-state index in [-0.39, 0.29) is 30.7 Å². The molecule has 2 heterocycles. The van der Waals surface area contributed by atoms with Crippen LogP contribution in [-0.4, -0.2) is 41.5 Å². The molecule has 0 atom stereocenters. The highest BCUT2D eigenvalue weighted by atomic mass is 35.5. The topological polar surface area (TPSA) is 45.2 Å². The number of amides is 1. The smallest absolute Gasteiger partial charge is 0.256 e. The number of rotatable bonds is 4. The Morgan fingerprint density at radius 1 is 1.20 bits per heavy atom. The van der Waals surface area contributed by atoms with Gasteiger partial charge in [0.25, 0.3) is 5.91 Å². The third-order valence-electron chi connectivity index (χ3n) is 4.56. The van der Waals surface area contributed by atoms with Crippen molar-refractivity contribution in [1.29, 1.82) is 0 Å². The predicted octanol–water partition coefficient (Wildman–Crippen LogP) is 3.99. The zero-order valence-corrected chi connectivity index (χ0v) is 16.5. The molecule has 4 nitrogen and oxygen atoms in total. The van der Waals surface area contributed by atoms with Crippen molar-refractivity contribution >= 4 is 41.6 Å². The van der Waals surface area contributed by atoms with Crippen LogP contribution in [0.1, 0.15) is 42.2 Å². The van der Waals surface area contributed by atoms with Gasteiger partial charge in [0.15, 0.2) is 0 Å². The number of hydrogen-bond donors (Lipinski definition) is 1. The van der Waals surface area contributed by atoms with Crippen LogP contribution in [0.2, 0.25) is 0 Å². The first-order valence-electron chi connectivity index (χ1n) is 8.58. The second-order valence-corrected chi connectivity index (χ2v) is 6.31. The van der Waals surface area contributed by atoms with Gasteiger partial charge in [-0.3, -0.25) is 9.78 Å². The lowest BCUT2D eigenvalue weighted by Gasteiger charge is -2.34. The van der Waals surface area contributed by atoms with Crippen molar-refractivity contribution in [3.63, 3.8) is 0 Å². The van der Waals surface area contributed by atoms with Crippen LogP contribution in [0, 0.1) is 6.92 Å². The SMILES string of the molecule is CCCN(C(=O)c1cccc2ccc(C)nc12)C1CCNCC1.Cl.Cl. The third-order valence-corrected chi connectivity index (χ3v) is 4.56. The van der Waals surface area contributed by atoms with Crippen molar-refractivity contribution in [1.82, 2.24) is 15.2 Å². The lowest BCUT2D eigenvalue weighted by molar-refractivity contribution is 0.0644. The molecule has 0 unspecified atom stereocenters. The van der Waals surface area contributed by atoms with Crippen LogP contribution in [0.25, 0.3) is 10.9 Å². The molecule has 1 N–H and O–H groups in total. The summed E-state index contributed by atoms with van der Waals surface area (Å²) in [6.07, 6.45) is 3.04. The molecule has 1 fully saturated rings. The largest absolute Gasteiger partial charge is 0.336 e. The summed E-state index contributed by atoms with van der Waals surface area (Å²) in [5.74, 6) is 0.127. The molecule has 0 saturated carbocycles. The van der Waals surface area contributed by atoms with E-state index >= 15 is 0 Å². The third kappa shape index (κ3) is 4.84. The zero-order chi connectivity index (χ0) is 16.2. The minimum Gasteiger partial charge on any atom is -0.336 e. The number of piperidine rings is 1. The summed E-state index contributed by atoms with van der Waals surface area (Å²) in [7, 11) is 0. The Morgan fingerprint density at radius 3 is 2.60 bits per heavy atom. The van der Waals surface area contributed by atoms with Crippen molar-refractivity contribution < 1.29 is 4.79 Å². The van der Waals surface area contributed by atoms with Gasteiger partial charge in [-0.05, 0) is 51.4 Å². The minimum atomic E-state index is 0. The van der Waals surface area contributed by atoms with Gasteiger partial charge in [-0.15, -0.1) is 24.8 Å². The lowest BCUT2D eigenvalue weighted by atomic mass is 10.0. The molecule has 25 heavy (non-hydrogen) atoms. The van der Waals surface area contributed by atoms with Crippen molar-refractivity contribution in [3.8, 4) is 0 Å². The summed E-state index contributed by atoms with van der Waals surface area (Å²) in [5, 5.41) is 4.41. The molecule has 0 radical (unpaired) electrons. The summed E-state index contributed by atoms with van der Waals surface area (Å²) in [6.45, 7) is 6.89. The number of pyridine rings is 1. The molecule has 3 rings (SSSR count). The Kier molecular flexibility index (Phi) is 8.63. The minimum absolute atomic E-state index is 0. The Morgan fingerprint density at radius 2 is 1.92 bits per heavy atom. The molecule has 1 aromatic heterocycles. The average Bonchev–Trinajstić information content (AvgIpc) is 2.59. The van der Waals surface area contributed by atoms with Gasteiger partial charge in [0, 0.05) is 23.7 Å². The van der Waals surface area contributed by atoms with Crippen molar-refractivity contribution in [2.45, 2.75) is 39.2 Å². The van der Waals surface area contributed by atoms with E-state index in [1.807, 2.05) is 37.3 Å². The quantitative estimate of drug-likeness (QED) is 0.867. The number of para-hydroxylation sites is 1. The molecular weight excluding hydrogens is 357 g/mol. The summed E-state index contributed by atoms with van der Waals surface area (Å²) < 4.78 is 0. The molecule has 1 amide bonds. The summed E-state index contributed by atoms with van der Waals surface area (Å²) in [5.41, 5.74) is 2.51. The number of hydrogen-bond acceptors (Lipinski definition) is 3. The van der Waals surface area contributed by atoms with Crippen LogP contribution >= 0.6 is 24.8 Å². The highest BCUT2D eigenvalue weighted by Gasteiger charge is 2.26. The molecule has 1 aliphatic heterocycles. The Balaban J connectivity index is 0.00000156. The van der Waals surface area contributed by atoms with E-state index in [1.165, 1.54) is 0 Å². The van der Waals surface area contributed by atoms with Gasteiger partial charge in [-0.1, -0.05) is 25.1 Å². The maximum Gasteiger partial charge on any atom is 0.256 e. The van der Waals surface area contributed by atoms with Crippen LogP contribution in [0.4, 0.5) is 0 Å². The first kappa shape index (κ1) is 21.7. The fourth-order valence-corrected chi connectivity index (χ4v) is 3.38. The number of aromatic nitrogens is 1. The summed E-state index contributed by atoms with van der Waals surface area (Å²) >= 11 is 0. The van der Waals surface area contributed by atoms with Gasteiger partial charge in [0.05, 0.1) is 11.1 Å². The molecule has 1 aromatic carbocycles. The second kappa shape index (κ2) is 9.95.